The molecule has 0 aliphatic heterocycles. The van der Waals surface area contributed by atoms with Crippen molar-refractivity contribution in [1.29, 1.82) is 0 Å². The molecule has 1 amide bonds. The predicted molar refractivity (Wildman–Crippen MR) is 80.1 cm³/mol. The van der Waals surface area contributed by atoms with E-state index < -0.39 is 12.0 Å². The molecule has 0 radical (unpaired) electrons. The maximum absolute atomic E-state index is 12.0. The lowest BCUT2D eigenvalue weighted by Gasteiger charge is -2.19. The predicted octanol–water partition coefficient (Wildman–Crippen LogP) is 1.75. The number of amides is 1. The van der Waals surface area contributed by atoms with E-state index in [1.54, 1.807) is 18.0 Å². The Bertz CT molecular complexity index is 531. The summed E-state index contributed by atoms with van der Waals surface area (Å²) in [5.74, 6) is -0.863. The van der Waals surface area contributed by atoms with Crippen LogP contribution in [0.25, 0.3) is 0 Å². The maximum Gasteiger partial charge on any atom is 0.320 e. The molecule has 1 aromatic rings. The molecule has 21 heavy (non-hydrogen) atoms. The minimum absolute atomic E-state index is 0.0323. The molecule has 1 fully saturated rings. The minimum Gasteiger partial charge on any atom is -0.480 e. The van der Waals surface area contributed by atoms with Gasteiger partial charge in [0.15, 0.2) is 0 Å². The van der Waals surface area contributed by atoms with Crippen molar-refractivity contribution in [2.75, 3.05) is 13.6 Å². The third-order valence-corrected chi connectivity index (χ3v) is 3.80. The third kappa shape index (κ3) is 4.72. The fourth-order valence-electron chi connectivity index (χ4n) is 2.21. The van der Waals surface area contributed by atoms with E-state index in [-0.39, 0.29) is 18.4 Å². The van der Waals surface area contributed by atoms with Gasteiger partial charge in [-0.05, 0) is 36.5 Å². The van der Waals surface area contributed by atoms with Crippen molar-refractivity contribution in [3.63, 3.8) is 0 Å². The van der Waals surface area contributed by atoms with E-state index in [4.69, 9.17) is 16.7 Å². The molecule has 1 saturated carbocycles. The van der Waals surface area contributed by atoms with E-state index in [9.17, 15) is 9.59 Å². The Balaban J connectivity index is 1.83. The van der Waals surface area contributed by atoms with Gasteiger partial charge in [-0.15, -0.1) is 0 Å². The summed E-state index contributed by atoms with van der Waals surface area (Å²) in [7, 11) is 1.69. The van der Waals surface area contributed by atoms with E-state index >= 15 is 0 Å². The summed E-state index contributed by atoms with van der Waals surface area (Å²) >= 11 is 5.91. The van der Waals surface area contributed by atoms with Crippen LogP contribution < -0.4 is 5.32 Å². The molecule has 6 heteroatoms. The highest BCUT2D eigenvalue weighted by Crippen LogP contribution is 2.32. The van der Waals surface area contributed by atoms with Gasteiger partial charge in [0, 0.05) is 18.6 Å². The highest BCUT2D eigenvalue weighted by Gasteiger charge is 2.36. The molecule has 0 spiro atoms. The van der Waals surface area contributed by atoms with Crippen molar-refractivity contribution in [1.82, 2.24) is 10.2 Å². The molecular weight excluding hydrogens is 292 g/mol. The van der Waals surface area contributed by atoms with Crippen LogP contribution >= 0.6 is 11.6 Å². The van der Waals surface area contributed by atoms with Crippen LogP contribution in [0.15, 0.2) is 24.3 Å². The number of carboxylic acids is 1. The summed E-state index contributed by atoms with van der Waals surface area (Å²) < 4.78 is 0. The molecule has 1 aliphatic rings. The normalized spacial score (nSPS) is 15.5. The van der Waals surface area contributed by atoms with Gasteiger partial charge in [-0.25, -0.2) is 0 Å². The molecule has 5 nitrogen and oxygen atoms in total. The van der Waals surface area contributed by atoms with Gasteiger partial charge in [0.2, 0.25) is 5.91 Å². The number of rotatable bonds is 7. The van der Waals surface area contributed by atoms with Crippen LogP contribution in [0, 0.1) is 5.92 Å². The number of carbonyl (C=O) groups is 2. The molecule has 0 bridgehead atoms. The van der Waals surface area contributed by atoms with E-state index in [0.29, 0.717) is 11.6 Å². The van der Waals surface area contributed by atoms with Crippen molar-refractivity contribution in [2.24, 2.45) is 5.92 Å². The molecule has 114 valence electrons. The monoisotopic (exact) mass is 310 g/mol. The van der Waals surface area contributed by atoms with Crippen LogP contribution in [-0.4, -0.2) is 41.5 Å². The molecule has 1 unspecified atom stereocenters. The van der Waals surface area contributed by atoms with Crippen LogP contribution in [0.3, 0.4) is 0 Å². The second-order valence-electron chi connectivity index (χ2n) is 5.41. The van der Waals surface area contributed by atoms with Gasteiger partial charge in [-0.2, -0.15) is 0 Å². The number of likely N-dealkylation sites (N-methyl/N-ethyl adjacent to an activating group) is 1. The van der Waals surface area contributed by atoms with E-state index in [1.807, 2.05) is 18.2 Å². The van der Waals surface area contributed by atoms with Gasteiger partial charge in [0.25, 0.3) is 0 Å². The average molecular weight is 311 g/mol. The quantitative estimate of drug-likeness (QED) is 0.805. The van der Waals surface area contributed by atoms with Crippen molar-refractivity contribution in [2.45, 2.75) is 25.4 Å². The molecule has 1 aliphatic carbocycles. The summed E-state index contributed by atoms with van der Waals surface area (Å²) in [5.41, 5.74) is 0.940. The van der Waals surface area contributed by atoms with E-state index in [2.05, 4.69) is 5.32 Å². The van der Waals surface area contributed by atoms with Crippen LogP contribution in [0.5, 0.6) is 0 Å². The maximum atomic E-state index is 12.0. The fraction of sp³-hybridized carbons (Fsp3) is 0.467. The topological polar surface area (TPSA) is 69.6 Å². The molecule has 2 rings (SSSR count). The Morgan fingerprint density at radius 2 is 2.19 bits per heavy atom. The Morgan fingerprint density at radius 1 is 1.48 bits per heavy atom. The number of nitrogens with zero attached hydrogens (tertiary/aromatic N) is 1. The zero-order valence-electron chi connectivity index (χ0n) is 11.9. The lowest BCUT2D eigenvalue weighted by molar-refractivity contribution is -0.140. The summed E-state index contributed by atoms with van der Waals surface area (Å²) in [6.07, 6.45) is 1.83. The number of hydrogen-bond donors (Lipinski definition) is 2. The van der Waals surface area contributed by atoms with Crippen molar-refractivity contribution in [3.8, 4) is 0 Å². The number of halogens is 1. The Kier molecular flexibility index (Phi) is 5.20. The second-order valence-corrected chi connectivity index (χ2v) is 5.85. The highest BCUT2D eigenvalue weighted by atomic mass is 35.5. The number of aliphatic carboxylic acids is 1. The number of hydrogen-bond acceptors (Lipinski definition) is 3. The van der Waals surface area contributed by atoms with Crippen LogP contribution in [0.1, 0.15) is 18.4 Å². The second kappa shape index (κ2) is 6.91. The number of carbonyl (C=O) groups excluding carboxylic acids is 1. The Hall–Kier alpha value is -1.59. The molecule has 0 aromatic heterocycles. The first-order valence-electron chi connectivity index (χ1n) is 6.92. The van der Waals surface area contributed by atoms with Gasteiger partial charge in [0.05, 0.1) is 6.54 Å². The van der Waals surface area contributed by atoms with Crippen LogP contribution in [-0.2, 0) is 16.1 Å². The van der Waals surface area contributed by atoms with Gasteiger partial charge >= 0.3 is 5.97 Å². The zero-order chi connectivity index (χ0) is 15.4. The van der Waals surface area contributed by atoms with Crippen LogP contribution in [0.2, 0.25) is 5.02 Å². The molecule has 0 heterocycles. The molecule has 0 saturated heterocycles. The first kappa shape index (κ1) is 15.8. The van der Waals surface area contributed by atoms with Gasteiger partial charge in [-0.3, -0.25) is 14.9 Å². The molecule has 1 aromatic carbocycles. The lowest BCUT2D eigenvalue weighted by atomic mass is 10.2. The summed E-state index contributed by atoms with van der Waals surface area (Å²) in [6, 6.07) is 6.70. The summed E-state index contributed by atoms with van der Waals surface area (Å²) in [4.78, 5) is 24.7. The van der Waals surface area contributed by atoms with E-state index in [1.165, 1.54) is 0 Å². The average Bonchev–Trinajstić information content (AvgIpc) is 3.23. The summed E-state index contributed by atoms with van der Waals surface area (Å²) in [6.45, 7) is 0.479. The third-order valence-electron chi connectivity index (χ3n) is 3.57. The van der Waals surface area contributed by atoms with Crippen molar-refractivity contribution >= 4 is 23.5 Å². The SMILES string of the molecule is CN(Cc1cccc(Cl)c1)C(=O)CNC(C(=O)O)C1CC1. The number of nitrogens with one attached hydrogen (secondary N) is 1. The minimum atomic E-state index is -0.886. The van der Waals surface area contributed by atoms with Gasteiger partial charge in [-0.1, -0.05) is 23.7 Å². The van der Waals surface area contributed by atoms with Crippen molar-refractivity contribution in [3.05, 3.63) is 34.9 Å². The largest absolute Gasteiger partial charge is 0.480 e. The molecule has 2 N–H and O–H groups in total. The zero-order valence-corrected chi connectivity index (χ0v) is 12.6. The first-order valence-corrected chi connectivity index (χ1v) is 7.30. The fourth-order valence-corrected chi connectivity index (χ4v) is 2.43. The highest BCUT2D eigenvalue weighted by molar-refractivity contribution is 6.30. The molecular formula is C15H19ClN2O3. The summed E-state index contributed by atoms with van der Waals surface area (Å²) in [5, 5.41) is 12.6. The van der Waals surface area contributed by atoms with Gasteiger partial charge in [0.1, 0.15) is 6.04 Å². The standard InChI is InChI=1S/C15H19ClN2O3/c1-18(9-10-3-2-4-12(16)7-10)13(19)8-17-14(15(20)21)11-5-6-11/h2-4,7,11,14,17H,5-6,8-9H2,1H3,(H,20,21). The Labute approximate surface area is 128 Å². The Morgan fingerprint density at radius 3 is 2.76 bits per heavy atom. The number of carboxylic acid groups (broad SMARTS) is 1. The first-order chi connectivity index (χ1) is 9.97. The lowest BCUT2D eigenvalue weighted by Crippen LogP contribution is -2.44. The van der Waals surface area contributed by atoms with Crippen molar-refractivity contribution < 1.29 is 14.7 Å². The molecule has 1 atom stereocenters. The van der Waals surface area contributed by atoms with Crippen LogP contribution in [0.4, 0.5) is 0 Å². The van der Waals surface area contributed by atoms with Gasteiger partial charge < -0.3 is 10.0 Å². The smallest absolute Gasteiger partial charge is 0.320 e. The number of benzene rings is 1. The van der Waals surface area contributed by atoms with E-state index in [0.717, 1.165) is 18.4 Å².